The molecule has 0 aliphatic heterocycles. The van der Waals surface area contributed by atoms with E-state index in [1.54, 1.807) is 18.2 Å². The number of carboxylic acids is 1. The van der Waals surface area contributed by atoms with Gasteiger partial charge in [-0.1, -0.05) is 54.1 Å². The Kier molecular flexibility index (Phi) is 7.46. The fraction of sp³-hybridized carbons (Fsp3) is 0.385. The van der Waals surface area contributed by atoms with Crippen molar-refractivity contribution < 1.29 is 19.0 Å². The molecular formula is C26H28ClFN2O3. The molecule has 1 N–H and O–H groups in total. The largest absolute Gasteiger partial charge is 0.480 e. The maximum absolute atomic E-state index is 15.0. The van der Waals surface area contributed by atoms with Crippen molar-refractivity contribution >= 4 is 17.6 Å². The first-order valence-electron chi connectivity index (χ1n) is 11.3. The van der Waals surface area contributed by atoms with Gasteiger partial charge in [0.1, 0.15) is 18.1 Å². The molecule has 7 heteroatoms. The van der Waals surface area contributed by atoms with E-state index in [9.17, 15) is 4.79 Å². The highest BCUT2D eigenvalue weighted by Crippen LogP contribution is 2.38. The summed E-state index contributed by atoms with van der Waals surface area (Å²) >= 11 is 6.10. The first-order chi connectivity index (χ1) is 15.9. The Morgan fingerprint density at radius 2 is 1.82 bits per heavy atom. The molecule has 0 saturated heterocycles. The summed E-state index contributed by atoms with van der Waals surface area (Å²) in [6.45, 7) is 3.00. The number of aromatic nitrogens is 2. The maximum atomic E-state index is 15.0. The van der Waals surface area contributed by atoms with Gasteiger partial charge in [-0.2, -0.15) is 5.10 Å². The smallest absolute Gasteiger partial charge is 0.329 e. The van der Waals surface area contributed by atoms with E-state index in [1.807, 2.05) is 41.9 Å². The fourth-order valence-electron chi connectivity index (χ4n) is 4.68. The molecule has 1 aliphatic carbocycles. The molecule has 33 heavy (non-hydrogen) atoms. The minimum atomic E-state index is -0.931. The minimum absolute atomic E-state index is 0.0992. The van der Waals surface area contributed by atoms with Crippen molar-refractivity contribution in [1.82, 2.24) is 9.78 Å². The number of halogens is 2. The second kappa shape index (κ2) is 10.5. The third-order valence-corrected chi connectivity index (χ3v) is 6.74. The van der Waals surface area contributed by atoms with Crippen LogP contribution in [0.5, 0.6) is 0 Å². The lowest BCUT2D eigenvalue weighted by Gasteiger charge is -2.28. The second-order valence-electron chi connectivity index (χ2n) is 8.75. The Morgan fingerprint density at radius 1 is 1.12 bits per heavy atom. The molecule has 2 aromatic carbocycles. The molecule has 1 fully saturated rings. The molecule has 3 aromatic rings. The van der Waals surface area contributed by atoms with Crippen LogP contribution in [-0.4, -0.2) is 34.1 Å². The van der Waals surface area contributed by atoms with Gasteiger partial charge < -0.3 is 9.84 Å². The first kappa shape index (κ1) is 23.5. The third kappa shape index (κ3) is 5.45. The standard InChI is InChI=1S/C26H28ClFN2O3/c1-17-24(21-8-5-9-22(27)25(21)28)26(20-6-3-2-4-7-20)29-30(17)14-18-10-12-19(13-11-18)15-33-16-23(31)32/h2-9,18-19H,10-16H2,1H3,(H,31,32)/t18-,19+. The zero-order valence-corrected chi connectivity index (χ0v) is 19.4. The molecule has 0 radical (unpaired) electrons. The van der Waals surface area contributed by atoms with Gasteiger partial charge >= 0.3 is 5.97 Å². The minimum Gasteiger partial charge on any atom is -0.480 e. The van der Waals surface area contributed by atoms with E-state index < -0.39 is 11.8 Å². The normalized spacial score (nSPS) is 18.4. The molecule has 1 aliphatic rings. The lowest BCUT2D eigenvalue weighted by Crippen LogP contribution is -2.23. The van der Waals surface area contributed by atoms with Gasteiger partial charge in [0.25, 0.3) is 0 Å². The molecule has 0 unspecified atom stereocenters. The van der Waals surface area contributed by atoms with Crippen LogP contribution in [0.3, 0.4) is 0 Å². The average Bonchev–Trinajstić information content (AvgIpc) is 3.13. The summed E-state index contributed by atoms with van der Waals surface area (Å²) < 4.78 is 22.3. The zero-order chi connectivity index (χ0) is 23.4. The Labute approximate surface area is 198 Å². The second-order valence-corrected chi connectivity index (χ2v) is 9.16. The summed E-state index contributed by atoms with van der Waals surface area (Å²) in [6, 6.07) is 14.9. The van der Waals surface area contributed by atoms with Crippen LogP contribution < -0.4 is 0 Å². The van der Waals surface area contributed by atoms with Crippen molar-refractivity contribution in [3.8, 4) is 22.4 Å². The van der Waals surface area contributed by atoms with Crippen LogP contribution in [-0.2, 0) is 16.1 Å². The molecule has 1 aromatic heterocycles. The topological polar surface area (TPSA) is 64.4 Å². The molecule has 0 spiro atoms. The van der Waals surface area contributed by atoms with Crippen molar-refractivity contribution in [3.05, 3.63) is 65.1 Å². The molecule has 174 valence electrons. The number of nitrogens with zero attached hydrogens (tertiary/aromatic N) is 2. The predicted molar refractivity (Wildman–Crippen MR) is 127 cm³/mol. The van der Waals surface area contributed by atoms with Crippen molar-refractivity contribution in [2.75, 3.05) is 13.2 Å². The first-order valence-corrected chi connectivity index (χ1v) is 11.7. The quantitative estimate of drug-likeness (QED) is 0.424. The number of hydrogen-bond donors (Lipinski definition) is 1. The Morgan fingerprint density at radius 3 is 2.52 bits per heavy atom. The molecule has 5 nitrogen and oxygen atoms in total. The average molecular weight is 471 g/mol. The lowest BCUT2D eigenvalue weighted by molar-refractivity contribution is -0.142. The molecule has 0 atom stereocenters. The number of carbonyl (C=O) groups is 1. The van der Waals surface area contributed by atoms with Gasteiger partial charge in [-0.15, -0.1) is 0 Å². The summed E-state index contributed by atoms with van der Waals surface area (Å²) in [7, 11) is 0. The van der Waals surface area contributed by atoms with E-state index in [2.05, 4.69) is 0 Å². The van der Waals surface area contributed by atoms with Crippen LogP contribution in [0.1, 0.15) is 31.4 Å². The predicted octanol–water partition coefficient (Wildman–Crippen LogP) is 6.23. The van der Waals surface area contributed by atoms with Crippen LogP contribution in [0.25, 0.3) is 22.4 Å². The van der Waals surface area contributed by atoms with Crippen LogP contribution in [0, 0.1) is 24.6 Å². The summed E-state index contributed by atoms with van der Waals surface area (Å²) in [5, 5.41) is 13.8. The zero-order valence-electron chi connectivity index (χ0n) is 18.6. The summed E-state index contributed by atoms with van der Waals surface area (Å²) in [5.74, 6) is -0.504. The van der Waals surface area contributed by atoms with E-state index in [0.29, 0.717) is 24.0 Å². The maximum Gasteiger partial charge on any atom is 0.329 e. The Balaban J connectivity index is 1.56. The van der Waals surface area contributed by atoms with Gasteiger partial charge in [-0.25, -0.2) is 9.18 Å². The van der Waals surface area contributed by atoms with Crippen LogP contribution in [0.15, 0.2) is 48.5 Å². The summed E-state index contributed by atoms with van der Waals surface area (Å²) in [4.78, 5) is 10.6. The molecule has 1 heterocycles. The van der Waals surface area contributed by atoms with Gasteiger partial charge in [-0.3, -0.25) is 4.68 Å². The summed E-state index contributed by atoms with van der Waals surface area (Å²) in [6.07, 6.45) is 4.07. The van der Waals surface area contributed by atoms with Crippen molar-refractivity contribution in [1.29, 1.82) is 0 Å². The van der Waals surface area contributed by atoms with Gasteiger partial charge in [0, 0.05) is 28.9 Å². The highest BCUT2D eigenvalue weighted by Gasteiger charge is 2.26. The van der Waals surface area contributed by atoms with Gasteiger partial charge in [0.15, 0.2) is 0 Å². The molecule has 4 rings (SSSR count). The number of carboxylic acid groups (broad SMARTS) is 1. The van der Waals surface area contributed by atoms with E-state index in [4.69, 9.17) is 26.5 Å². The molecule has 0 amide bonds. The number of rotatable bonds is 8. The Hall–Kier alpha value is -2.70. The SMILES string of the molecule is Cc1c(-c2cccc(Cl)c2F)c(-c2ccccc2)nn1C[C@H]1CC[C@@H](COCC(=O)O)CC1. The van der Waals surface area contributed by atoms with E-state index in [1.165, 1.54) is 0 Å². The number of aliphatic carboxylic acids is 1. The fourth-order valence-corrected chi connectivity index (χ4v) is 4.85. The number of ether oxygens (including phenoxy) is 1. The highest BCUT2D eigenvalue weighted by molar-refractivity contribution is 6.31. The molecule has 0 bridgehead atoms. The van der Waals surface area contributed by atoms with Gasteiger partial charge in [0.2, 0.25) is 0 Å². The molecule has 1 saturated carbocycles. The molecular weight excluding hydrogens is 443 g/mol. The van der Waals surface area contributed by atoms with E-state index >= 15 is 4.39 Å². The highest BCUT2D eigenvalue weighted by atomic mass is 35.5. The number of hydrogen-bond acceptors (Lipinski definition) is 3. The van der Waals surface area contributed by atoms with E-state index in [0.717, 1.165) is 54.7 Å². The van der Waals surface area contributed by atoms with Gasteiger partial charge in [0.05, 0.1) is 11.6 Å². The van der Waals surface area contributed by atoms with Crippen molar-refractivity contribution in [2.24, 2.45) is 11.8 Å². The van der Waals surface area contributed by atoms with Gasteiger partial charge in [-0.05, 0) is 50.5 Å². The van der Waals surface area contributed by atoms with Crippen LogP contribution in [0.2, 0.25) is 5.02 Å². The summed E-state index contributed by atoms with van der Waals surface area (Å²) in [5.41, 5.74) is 3.85. The van der Waals surface area contributed by atoms with Crippen LogP contribution in [0.4, 0.5) is 4.39 Å². The van der Waals surface area contributed by atoms with Crippen molar-refractivity contribution in [2.45, 2.75) is 39.2 Å². The van der Waals surface area contributed by atoms with Crippen molar-refractivity contribution in [3.63, 3.8) is 0 Å². The Bertz CT molecular complexity index is 1110. The number of benzene rings is 2. The van der Waals surface area contributed by atoms with E-state index in [-0.39, 0.29) is 11.6 Å². The third-order valence-electron chi connectivity index (χ3n) is 6.45. The lowest BCUT2D eigenvalue weighted by atomic mass is 9.82. The monoisotopic (exact) mass is 470 g/mol. The van der Waals surface area contributed by atoms with Crippen LogP contribution >= 0.6 is 11.6 Å².